The number of imidazole rings is 1. The van der Waals surface area contributed by atoms with Crippen LogP contribution in [0, 0.1) is 0 Å². The van der Waals surface area contributed by atoms with E-state index in [1.807, 2.05) is 0 Å². The summed E-state index contributed by atoms with van der Waals surface area (Å²) in [5.74, 6) is 1.55. The molecule has 0 aliphatic carbocycles. The number of para-hydroxylation sites is 1. The van der Waals surface area contributed by atoms with Gasteiger partial charge in [0.1, 0.15) is 17.0 Å². The molecule has 0 aliphatic heterocycles. The Hall–Kier alpha value is -5.41. The third-order valence-electron chi connectivity index (χ3n) is 10.6. The Morgan fingerprint density at radius 2 is 1.24 bits per heavy atom. The van der Waals surface area contributed by atoms with Crippen LogP contribution >= 0.6 is 0 Å². The van der Waals surface area contributed by atoms with Crippen LogP contribution in [0.25, 0.3) is 82.4 Å². The lowest BCUT2D eigenvalue weighted by Crippen LogP contribution is -2.12. The molecule has 2 aromatic heterocycles. The highest BCUT2D eigenvalue weighted by Gasteiger charge is 2.28. The third kappa shape index (κ3) is 4.53. The molecule has 0 N–H and O–H groups in total. The fourth-order valence-electron chi connectivity index (χ4n) is 8.19. The largest absolute Gasteiger partial charge is 0.455 e. The molecule has 9 aromatic rings. The van der Waals surface area contributed by atoms with Crippen LogP contribution in [-0.4, -0.2) is 9.55 Å². The van der Waals surface area contributed by atoms with Crippen LogP contribution in [-0.2, 0) is 5.41 Å². The van der Waals surface area contributed by atoms with Crippen molar-refractivity contribution >= 4 is 65.3 Å². The molecule has 0 saturated carbocycles. The van der Waals surface area contributed by atoms with Crippen molar-refractivity contribution in [3.8, 4) is 17.1 Å². The smallest absolute Gasteiger partial charge is 0.149 e. The van der Waals surface area contributed by atoms with Crippen molar-refractivity contribution in [2.24, 2.45) is 0 Å². The Bertz CT molecular complexity index is 2780. The lowest BCUT2D eigenvalue weighted by Gasteiger charge is -2.24. The van der Waals surface area contributed by atoms with E-state index < -0.39 is 0 Å². The summed E-state index contributed by atoms with van der Waals surface area (Å²) in [6.07, 6.45) is 0. The van der Waals surface area contributed by atoms with Crippen molar-refractivity contribution in [2.75, 3.05) is 0 Å². The van der Waals surface area contributed by atoms with Crippen molar-refractivity contribution in [2.45, 2.75) is 65.7 Å². The monoisotopic (exact) mass is 650 g/mol. The van der Waals surface area contributed by atoms with Gasteiger partial charge in [-0.2, -0.15) is 0 Å². The minimum absolute atomic E-state index is 0.0999. The minimum atomic E-state index is -0.0999. The van der Waals surface area contributed by atoms with E-state index in [-0.39, 0.29) is 5.41 Å². The molecule has 2 heterocycles. The molecule has 9 rings (SSSR count). The molecule has 0 spiro atoms. The first-order valence-corrected chi connectivity index (χ1v) is 17.9. The zero-order valence-corrected chi connectivity index (χ0v) is 29.9. The molecule has 0 aliphatic rings. The quantitative estimate of drug-likeness (QED) is 0.178. The lowest BCUT2D eigenvalue weighted by atomic mass is 9.83. The Morgan fingerprint density at radius 3 is 1.94 bits per heavy atom. The van der Waals surface area contributed by atoms with Gasteiger partial charge in [-0.05, 0) is 85.1 Å². The summed E-state index contributed by atoms with van der Waals surface area (Å²) < 4.78 is 9.57. The Kier molecular flexibility index (Phi) is 6.77. The van der Waals surface area contributed by atoms with Gasteiger partial charge in [-0.15, -0.1) is 0 Å². The number of aromatic nitrogens is 2. The summed E-state index contributed by atoms with van der Waals surface area (Å²) in [6.45, 7) is 16.1. The zero-order chi connectivity index (χ0) is 34.5. The van der Waals surface area contributed by atoms with Crippen LogP contribution in [0.3, 0.4) is 0 Å². The Morgan fingerprint density at radius 1 is 0.600 bits per heavy atom. The standard InChI is InChI=1S/C47H42N2O/c1-27(2)32-17-12-18-33(28(3)4)43(32)49-44-35-16-11-9-14-30(35)21-24-40(44)48-46(49)36-22-23-39(47(5,6)7)42-38-25-31-20-19-29-13-8-10-15-34(29)37(31)26-41(38)50-45(36)42/h8-28H,1-7H3. The van der Waals surface area contributed by atoms with Crippen LogP contribution in [0.4, 0.5) is 0 Å². The fraction of sp³-hybridized carbons (Fsp3) is 0.213. The molecule has 0 amide bonds. The summed E-state index contributed by atoms with van der Waals surface area (Å²) >= 11 is 0. The number of nitrogens with zero attached hydrogens (tertiary/aromatic N) is 2. The van der Waals surface area contributed by atoms with Crippen molar-refractivity contribution in [1.82, 2.24) is 9.55 Å². The molecule has 0 unspecified atom stereocenters. The van der Waals surface area contributed by atoms with Gasteiger partial charge in [-0.25, -0.2) is 4.98 Å². The normalized spacial score (nSPS) is 12.7. The topological polar surface area (TPSA) is 31.0 Å². The molecule has 246 valence electrons. The molecule has 0 saturated heterocycles. The predicted molar refractivity (Wildman–Crippen MR) is 213 cm³/mol. The fourth-order valence-corrected chi connectivity index (χ4v) is 8.19. The van der Waals surface area contributed by atoms with Crippen molar-refractivity contribution in [3.05, 3.63) is 132 Å². The Balaban J connectivity index is 1.47. The average Bonchev–Trinajstić information content (AvgIpc) is 3.68. The van der Waals surface area contributed by atoms with Gasteiger partial charge in [0.05, 0.1) is 22.3 Å². The van der Waals surface area contributed by atoms with Crippen LogP contribution in [0.15, 0.2) is 120 Å². The van der Waals surface area contributed by atoms with Crippen molar-refractivity contribution < 1.29 is 4.42 Å². The van der Waals surface area contributed by atoms with Crippen LogP contribution in [0.5, 0.6) is 0 Å². The zero-order valence-electron chi connectivity index (χ0n) is 29.9. The van der Waals surface area contributed by atoms with Gasteiger partial charge in [0.25, 0.3) is 0 Å². The van der Waals surface area contributed by atoms with Gasteiger partial charge in [0.2, 0.25) is 0 Å². The summed E-state index contributed by atoms with van der Waals surface area (Å²) in [7, 11) is 0. The molecule has 0 fully saturated rings. The van der Waals surface area contributed by atoms with E-state index in [0.717, 1.165) is 39.0 Å². The highest BCUT2D eigenvalue weighted by molar-refractivity contribution is 6.19. The molecular weight excluding hydrogens is 609 g/mol. The van der Waals surface area contributed by atoms with Gasteiger partial charge in [-0.1, -0.05) is 139 Å². The van der Waals surface area contributed by atoms with E-state index in [1.165, 1.54) is 60.1 Å². The second-order valence-electron chi connectivity index (χ2n) is 15.6. The van der Waals surface area contributed by atoms with Crippen LogP contribution in [0.2, 0.25) is 0 Å². The van der Waals surface area contributed by atoms with E-state index in [1.54, 1.807) is 0 Å². The Labute approximate surface area is 293 Å². The SMILES string of the molecule is CC(C)c1cccc(C(C)C)c1-n1c(-c2ccc(C(C)(C)C)c3c2oc2cc4c(ccc5ccccc54)cc23)nc2ccc3ccccc3c21. The molecular formula is C47H42N2O. The number of hydrogen-bond acceptors (Lipinski definition) is 2. The van der Waals surface area contributed by atoms with Gasteiger partial charge < -0.3 is 4.42 Å². The van der Waals surface area contributed by atoms with Gasteiger partial charge in [0, 0.05) is 16.2 Å². The maximum Gasteiger partial charge on any atom is 0.149 e. The molecule has 0 atom stereocenters. The maximum atomic E-state index is 7.11. The van der Waals surface area contributed by atoms with E-state index in [4.69, 9.17) is 9.40 Å². The van der Waals surface area contributed by atoms with E-state index in [9.17, 15) is 0 Å². The number of fused-ring (bicyclic) bond motifs is 9. The van der Waals surface area contributed by atoms with Gasteiger partial charge >= 0.3 is 0 Å². The summed E-state index contributed by atoms with van der Waals surface area (Å²) in [5, 5.41) is 9.62. The first-order chi connectivity index (χ1) is 24.1. The van der Waals surface area contributed by atoms with Crippen molar-refractivity contribution in [1.29, 1.82) is 0 Å². The molecule has 3 heteroatoms. The first kappa shape index (κ1) is 30.6. The number of hydrogen-bond donors (Lipinski definition) is 0. The minimum Gasteiger partial charge on any atom is -0.455 e. The van der Waals surface area contributed by atoms with Gasteiger partial charge in [0.15, 0.2) is 0 Å². The number of furan rings is 1. The highest BCUT2D eigenvalue weighted by Crippen LogP contribution is 2.46. The number of benzene rings is 7. The predicted octanol–water partition coefficient (Wildman–Crippen LogP) is 13.6. The molecule has 0 radical (unpaired) electrons. The van der Waals surface area contributed by atoms with E-state index in [0.29, 0.717) is 11.8 Å². The first-order valence-electron chi connectivity index (χ1n) is 17.9. The summed E-state index contributed by atoms with van der Waals surface area (Å²) in [6, 6.07) is 42.1. The molecule has 50 heavy (non-hydrogen) atoms. The number of rotatable bonds is 4. The van der Waals surface area contributed by atoms with Crippen molar-refractivity contribution in [3.63, 3.8) is 0 Å². The van der Waals surface area contributed by atoms with E-state index in [2.05, 4.69) is 168 Å². The average molecular weight is 651 g/mol. The summed E-state index contributed by atoms with van der Waals surface area (Å²) in [4.78, 5) is 5.52. The molecule has 0 bridgehead atoms. The summed E-state index contributed by atoms with van der Waals surface area (Å²) in [5.41, 5.74) is 9.94. The van der Waals surface area contributed by atoms with Crippen LogP contribution < -0.4 is 0 Å². The molecule has 3 nitrogen and oxygen atoms in total. The maximum absolute atomic E-state index is 7.11. The van der Waals surface area contributed by atoms with Gasteiger partial charge in [-0.3, -0.25) is 4.57 Å². The van der Waals surface area contributed by atoms with Crippen LogP contribution in [0.1, 0.15) is 77.0 Å². The van der Waals surface area contributed by atoms with E-state index >= 15 is 0 Å². The second kappa shape index (κ2) is 11.1. The highest BCUT2D eigenvalue weighted by atomic mass is 16.3. The lowest BCUT2D eigenvalue weighted by molar-refractivity contribution is 0.595. The third-order valence-corrected chi connectivity index (χ3v) is 10.6. The molecule has 7 aromatic carbocycles. The second-order valence-corrected chi connectivity index (χ2v) is 15.6.